The summed E-state index contributed by atoms with van der Waals surface area (Å²) in [4.78, 5) is 2.10. The Morgan fingerprint density at radius 1 is 1.20 bits per heavy atom. The second-order valence-electron chi connectivity index (χ2n) is 5.31. The van der Waals surface area contributed by atoms with Crippen LogP contribution >= 0.6 is 0 Å². The lowest BCUT2D eigenvalue weighted by molar-refractivity contribution is -0.00586. The van der Waals surface area contributed by atoms with Crippen LogP contribution in [0, 0.1) is 0 Å². The van der Waals surface area contributed by atoms with Crippen LogP contribution in [0.15, 0.2) is 30.3 Å². The average molecular weight is 281 g/mol. The molecule has 1 aromatic carbocycles. The van der Waals surface area contributed by atoms with Gasteiger partial charge in [-0.25, -0.2) is 0 Å². The highest BCUT2D eigenvalue weighted by Crippen LogP contribution is 2.08. The van der Waals surface area contributed by atoms with E-state index in [9.17, 15) is 5.11 Å². The number of ether oxygens (including phenoxy) is 2. The molecule has 0 saturated carbocycles. The molecule has 4 nitrogen and oxygen atoms in total. The van der Waals surface area contributed by atoms with Gasteiger partial charge in [0, 0.05) is 13.1 Å². The topological polar surface area (TPSA) is 41.9 Å². The van der Waals surface area contributed by atoms with Crippen LogP contribution in [0.5, 0.6) is 5.75 Å². The van der Waals surface area contributed by atoms with E-state index in [1.165, 1.54) is 0 Å². The maximum atomic E-state index is 9.81. The van der Waals surface area contributed by atoms with Gasteiger partial charge in [0.1, 0.15) is 5.75 Å². The molecule has 0 saturated heterocycles. The van der Waals surface area contributed by atoms with Gasteiger partial charge in [0.25, 0.3) is 0 Å². The third-order valence-electron chi connectivity index (χ3n) is 2.84. The summed E-state index contributed by atoms with van der Waals surface area (Å²) in [6.45, 7) is 6.54. The van der Waals surface area contributed by atoms with Crippen molar-refractivity contribution in [2.45, 2.75) is 32.5 Å². The minimum absolute atomic E-state index is 0.161. The molecule has 0 bridgehead atoms. The standard InChI is InChI=1S/C16H27NO3/c1-14(2)20-13-15(18)12-17(3)10-7-11-19-16-8-5-4-6-9-16/h4-6,8-9,14-15,18H,7,10-13H2,1-3H3. The predicted octanol–water partition coefficient (Wildman–Crippen LogP) is 2.17. The van der Waals surface area contributed by atoms with Gasteiger partial charge in [-0.1, -0.05) is 18.2 Å². The number of hydrogen-bond acceptors (Lipinski definition) is 4. The summed E-state index contributed by atoms with van der Waals surface area (Å²) in [7, 11) is 2.00. The molecule has 1 rings (SSSR count). The van der Waals surface area contributed by atoms with E-state index in [1.807, 2.05) is 51.2 Å². The van der Waals surface area contributed by atoms with Crippen LogP contribution in [0.4, 0.5) is 0 Å². The van der Waals surface area contributed by atoms with Crippen LogP contribution in [-0.4, -0.2) is 55.6 Å². The first-order valence-corrected chi connectivity index (χ1v) is 7.24. The summed E-state index contributed by atoms with van der Waals surface area (Å²) in [6, 6.07) is 9.81. The van der Waals surface area contributed by atoms with Gasteiger partial charge in [-0.2, -0.15) is 0 Å². The second kappa shape index (κ2) is 9.75. The molecule has 1 unspecified atom stereocenters. The first-order chi connectivity index (χ1) is 9.58. The predicted molar refractivity (Wildman–Crippen MR) is 81.1 cm³/mol. The monoisotopic (exact) mass is 281 g/mol. The molecule has 1 atom stereocenters. The van der Waals surface area contributed by atoms with Crippen molar-refractivity contribution in [2.24, 2.45) is 0 Å². The number of hydrogen-bond donors (Lipinski definition) is 1. The van der Waals surface area contributed by atoms with Crippen molar-refractivity contribution >= 4 is 0 Å². The lowest BCUT2D eigenvalue weighted by Gasteiger charge is -2.21. The van der Waals surface area contributed by atoms with Crippen LogP contribution in [0.25, 0.3) is 0 Å². The highest BCUT2D eigenvalue weighted by Gasteiger charge is 2.09. The molecule has 0 fully saturated rings. The van der Waals surface area contributed by atoms with Crippen molar-refractivity contribution in [1.82, 2.24) is 4.90 Å². The SMILES string of the molecule is CC(C)OCC(O)CN(C)CCCOc1ccccc1. The molecular formula is C16H27NO3. The molecule has 0 aliphatic heterocycles. The van der Waals surface area contributed by atoms with Crippen molar-refractivity contribution in [3.63, 3.8) is 0 Å². The highest BCUT2D eigenvalue weighted by atomic mass is 16.5. The maximum Gasteiger partial charge on any atom is 0.119 e. The minimum atomic E-state index is -0.433. The number of para-hydroxylation sites is 1. The third kappa shape index (κ3) is 8.15. The Bertz CT molecular complexity index is 343. The van der Waals surface area contributed by atoms with E-state index in [0.29, 0.717) is 19.8 Å². The molecule has 0 aliphatic carbocycles. The molecular weight excluding hydrogens is 254 g/mol. The van der Waals surface area contributed by atoms with E-state index >= 15 is 0 Å². The van der Waals surface area contributed by atoms with Crippen LogP contribution in [0.2, 0.25) is 0 Å². The van der Waals surface area contributed by atoms with Gasteiger partial charge in [-0.3, -0.25) is 0 Å². The quantitative estimate of drug-likeness (QED) is 0.667. The van der Waals surface area contributed by atoms with E-state index in [1.54, 1.807) is 0 Å². The van der Waals surface area contributed by atoms with Gasteiger partial charge >= 0.3 is 0 Å². The van der Waals surface area contributed by atoms with E-state index in [-0.39, 0.29) is 6.10 Å². The van der Waals surface area contributed by atoms with Gasteiger partial charge in [0.05, 0.1) is 25.4 Å². The molecule has 0 aliphatic rings. The van der Waals surface area contributed by atoms with E-state index < -0.39 is 6.10 Å². The summed E-state index contributed by atoms with van der Waals surface area (Å²) >= 11 is 0. The van der Waals surface area contributed by atoms with Crippen molar-refractivity contribution < 1.29 is 14.6 Å². The zero-order chi connectivity index (χ0) is 14.8. The summed E-state index contributed by atoms with van der Waals surface area (Å²) < 4.78 is 11.0. The van der Waals surface area contributed by atoms with Crippen molar-refractivity contribution in [1.29, 1.82) is 0 Å². The molecule has 0 heterocycles. The zero-order valence-corrected chi connectivity index (χ0v) is 12.8. The van der Waals surface area contributed by atoms with Crippen molar-refractivity contribution in [3.05, 3.63) is 30.3 Å². The molecule has 4 heteroatoms. The number of aliphatic hydroxyl groups is 1. The second-order valence-corrected chi connectivity index (χ2v) is 5.31. The van der Waals surface area contributed by atoms with Crippen LogP contribution < -0.4 is 4.74 Å². The Labute approximate surface area is 122 Å². The van der Waals surface area contributed by atoms with Gasteiger partial charge in [0.15, 0.2) is 0 Å². The van der Waals surface area contributed by atoms with Crippen LogP contribution in [-0.2, 0) is 4.74 Å². The summed E-state index contributed by atoms with van der Waals surface area (Å²) in [6.07, 6.45) is 0.662. The Morgan fingerprint density at radius 3 is 2.55 bits per heavy atom. The summed E-state index contributed by atoms with van der Waals surface area (Å²) in [5.41, 5.74) is 0. The van der Waals surface area contributed by atoms with Crippen LogP contribution in [0.3, 0.4) is 0 Å². The fourth-order valence-corrected chi connectivity index (χ4v) is 1.85. The highest BCUT2D eigenvalue weighted by molar-refractivity contribution is 5.20. The number of aliphatic hydroxyl groups excluding tert-OH is 1. The number of nitrogens with zero attached hydrogens (tertiary/aromatic N) is 1. The molecule has 0 radical (unpaired) electrons. The van der Waals surface area contributed by atoms with E-state index in [4.69, 9.17) is 9.47 Å². The van der Waals surface area contributed by atoms with Gasteiger partial charge < -0.3 is 19.5 Å². The number of benzene rings is 1. The summed E-state index contributed by atoms with van der Waals surface area (Å²) in [5.74, 6) is 0.903. The molecule has 0 aromatic heterocycles. The zero-order valence-electron chi connectivity index (χ0n) is 12.8. The smallest absolute Gasteiger partial charge is 0.119 e. The molecule has 114 valence electrons. The normalized spacial score (nSPS) is 12.9. The maximum absolute atomic E-state index is 9.81. The minimum Gasteiger partial charge on any atom is -0.494 e. The van der Waals surface area contributed by atoms with E-state index in [2.05, 4.69) is 4.90 Å². The molecule has 1 aromatic rings. The average Bonchev–Trinajstić information content (AvgIpc) is 2.42. The molecule has 0 amide bonds. The van der Waals surface area contributed by atoms with Gasteiger partial charge in [-0.05, 0) is 39.4 Å². The number of rotatable bonds is 10. The fraction of sp³-hybridized carbons (Fsp3) is 0.625. The first kappa shape index (κ1) is 17.0. The van der Waals surface area contributed by atoms with Gasteiger partial charge in [-0.15, -0.1) is 0 Å². The Hall–Kier alpha value is -1.10. The number of likely N-dealkylation sites (N-methyl/N-ethyl adjacent to an activating group) is 1. The third-order valence-corrected chi connectivity index (χ3v) is 2.84. The lowest BCUT2D eigenvalue weighted by Crippen LogP contribution is -2.34. The van der Waals surface area contributed by atoms with Crippen LogP contribution in [0.1, 0.15) is 20.3 Å². The molecule has 20 heavy (non-hydrogen) atoms. The fourth-order valence-electron chi connectivity index (χ4n) is 1.85. The molecule has 1 N–H and O–H groups in total. The largest absolute Gasteiger partial charge is 0.494 e. The Kier molecular flexibility index (Phi) is 8.26. The Morgan fingerprint density at radius 2 is 1.90 bits per heavy atom. The summed E-state index contributed by atoms with van der Waals surface area (Å²) in [5, 5.41) is 9.81. The lowest BCUT2D eigenvalue weighted by atomic mass is 10.3. The molecule has 0 spiro atoms. The van der Waals surface area contributed by atoms with Gasteiger partial charge in [0.2, 0.25) is 0 Å². The van der Waals surface area contributed by atoms with Crippen molar-refractivity contribution in [3.8, 4) is 5.75 Å². The first-order valence-electron chi connectivity index (χ1n) is 7.24. The Balaban J connectivity index is 2.06. The van der Waals surface area contributed by atoms with E-state index in [0.717, 1.165) is 18.7 Å². The van der Waals surface area contributed by atoms with Crippen molar-refractivity contribution in [2.75, 3.05) is 33.4 Å².